The number of hydrogen-bond acceptors (Lipinski definition) is 3. The van der Waals surface area contributed by atoms with Gasteiger partial charge in [0.2, 0.25) is 5.91 Å². The second-order valence-corrected chi connectivity index (χ2v) is 5.88. The fourth-order valence-corrected chi connectivity index (χ4v) is 2.62. The summed E-state index contributed by atoms with van der Waals surface area (Å²) in [5.41, 5.74) is -0.709. The van der Waals surface area contributed by atoms with Gasteiger partial charge in [-0.05, 0) is 30.3 Å². The molecule has 1 aliphatic rings. The first-order valence-corrected chi connectivity index (χ1v) is 7.82. The van der Waals surface area contributed by atoms with Crippen LogP contribution in [0.25, 0.3) is 0 Å². The monoisotopic (exact) mass is 384 g/mol. The van der Waals surface area contributed by atoms with Crippen molar-refractivity contribution >= 4 is 34.8 Å². The number of benzene rings is 2. The van der Waals surface area contributed by atoms with Crippen LogP contribution in [0.3, 0.4) is 0 Å². The van der Waals surface area contributed by atoms with Crippen LogP contribution in [0.5, 0.6) is 5.75 Å². The van der Waals surface area contributed by atoms with Crippen LogP contribution in [0.4, 0.5) is 24.5 Å². The van der Waals surface area contributed by atoms with E-state index in [4.69, 9.17) is 16.3 Å². The Balaban J connectivity index is 1.79. The van der Waals surface area contributed by atoms with Gasteiger partial charge in [-0.1, -0.05) is 23.7 Å². The predicted octanol–water partition coefficient (Wildman–Crippen LogP) is 3.72. The number of para-hydroxylation sites is 2. The number of nitrogens with zero attached hydrogens (tertiary/aromatic N) is 1. The number of alkyl halides is 3. The number of fused-ring (bicyclic) bond motifs is 1. The molecule has 1 aliphatic heterocycles. The summed E-state index contributed by atoms with van der Waals surface area (Å²) in [6.45, 7) is -0.611. The van der Waals surface area contributed by atoms with Crippen LogP contribution in [-0.2, 0) is 15.8 Å². The fraction of sp³-hybridized carbons (Fsp3) is 0.176. The van der Waals surface area contributed by atoms with E-state index in [-0.39, 0.29) is 23.9 Å². The number of anilines is 2. The Hall–Kier alpha value is -2.74. The van der Waals surface area contributed by atoms with Crippen LogP contribution in [0.1, 0.15) is 5.56 Å². The largest absolute Gasteiger partial charge is 0.482 e. The zero-order valence-corrected chi connectivity index (χ0v) is 13.9. The number of ether oxygens (including phenoxy) is 1. The Labute approximate surface area is 151 Å². The van der Waals surface area contributed by atoms with Crippen LogP contribution in [0.15, 0.2) is 42.5 Å². The zero-order chi connectivity index (χ0) is 18.9. The van der Waals surface area contributed by atoms with E-state index in [9.17, 15) is 22.8 Å². The molecule has 0 atom stereocenters. The molecule has 2 amide bonds. The minimum absolute atomic E-state index is 0.0416. The molecule has 1 N–H and O–H groups in total. The summed E-state index contributed by atoms with van der Waals surface area (Å²) in [5, 5.41) is 2.27. The van der Waals surface area contributed by atoms with Gasteiger partial charge in [0.25, 0.3) is 5.91 Å². The third kappa shape index (κ3) is 3.75. The highest BCUT2D eigenvalue weighted by molar-refractivity contribution is 6.33. The third-order valence-electron chi connectivity index (χ3n) is 3.68. The molecule has 0 spiro atoms. The van der Waals surface area contributed by atoms with Gasteiger partial charge in [0, 0.05) is 0 Å². The minimum Gasteiger partial charge on any atom is -0.482 e. The molecule has 0 unspecified atom stereocenters. The maximum absolute atomic E-state index is 12.8. The quantitative estimate of drug-likeness (QED) is 0.877. The van der Waals surface area contributed by atoms with Gasteiger partial charge in [-0.2, -0.15) is 13.2 Å². The van der Waals surface area contributed by atoms with Crippen molar-refractivity contribution in [3.05, 3.63) is 53.1 Å². The number of rotatable bonds is 3. The van der Waals surface area contributed by atoms with Gasteiger partial charge in [0.15, 0.2) is 6.61 Å². The summed E-state index contributed by atoms with van der Waals surface area (Å²) in [6.07, 6.45) is -4.57. The molecule has 0 saturated carbocycles. The van der Waals surface area contributed by atoms with Crippen molar-refractivity contribution < 1.29 is 27.5 Å². The lowest BCUT2D eigenvalue weighted by molar-refractivity contribution is -0.137. The molecule has 0 fully saturated rings. The highest BCUT2D eigenvalue weighted by Crippen LogP contribution is 2.34. The fourth-order valence-electron chi connectivity index (χ4n) is 2.46. The van der Waals surface area contributed by atoms with Crippen molar-refractivity contribution in [3.8, 4) is 5.75 Å². The Bertz CT molecular complexity index is 871. The first-order valence-electron chi connectivity index (χ1n) is 7.44. The average molecular weight is 385 g/mol. The van der Waals surface area contributed by atoms with E-state index >= 15 is 0 Å². The normalized spacial score (nSPS) is 13.8. The molecule has 1 heterocycles. The molecule has 0 bridgehead atoms. The van der Waals surface area contributed by atoms with Gasteiger partial charge < -0.3 is 10.1 Å². The van der Waals surface area contributed by atoms with Gasteiger partial charge in [-0.3, -0.25) is 14.5 Å². The molecule has 3 rings (SSSR count). The summed E-state index contributed by atoms with van der Waals surface area (Å²) in [7, 11) is 0. The SMILES string of the molecule is O=C(CN1C(=O)COc2ccccc21)Nc1cc(C(F)(F)F)ccc1Cl. The van der Waals surface area contributed by atoms with Crippen LogP contribution in [-0.4, -0.2) is 25.0 Å². The molecular formula is C17H12ClF3N2O3. The van der Waals surface area contributed by atoms with Crippen molar-refractivity contribution in [2.75, 3.05) is 23.4 Å². The summed E-state index contributed by atoms with van der Waals surface area (Å²) < 4.78 is 43.7. The van der Waals surface area contributed by atoms with E-state index in [2.05, 4.69) is 5.32 Å². The van der Waals surface area contributed by atoms with Crippen molar-refractivity contribution in [2.24, 2.45) is 0 Å². The lowest BCUT2D eigenvalue weighted by Gasteiger charge is -2.28. The molecule has 9 heteroatoms. The molecule has 0 aromatic heterocycles. The first kappa shape index (κ1) is 18.1. The van der Waals surface area contributed by atoms with Gasteiger partial charge in [0.1, 0.15) is 12.3 Å². The van der Waals surface area contributed by atoms with Crippen LogP contribution >= 0.6 is 11.6 Å². The summed E-state index contributed by atoms with van der Waals surface area (Å²) >= 11 is 5.86. The second kappa shape index (κ2) is 6.87. The number of carbonyl (C=O) groups excluding carboxylic acids is 2. The van der Waals surface area contributed by atoms with E-state index in [0.717, 1.165) is 18.2 Å². The van der Waals surface area contributed by atoms with Crippen LogP contribution < -0.4 is 15.0 Å². The lowest BCUT2D eigenvalue weighted by atomic mass is 10.2. The molecule has 0 saturated heterocycles. The molecule has 2 aromatic rings. The Morgan fingerprint density at radius 3 is 2.69 bits per heavy atom. The van der Waals surface area contributed by atoms with E-state index in [1.165, 1.54) is 4.90 Å². The van der Waals surface area contributed by atoms with Crippen molar-refractivity contribution in [2.45, 2.75) is 6.18 Å². The molecule has 136 valence electrons. The predicted molar refractivity (Wildman–Crippen MR) is 89.4 cm³/mol. The number of amides is 2. The highest BCUT2D eigenvalue weighted by Gasteiger charge is 2.31. The topological polar surface area (TPSA) is 58.6 Å². The van der Waals surface area contributed by atoms with E-state index in [1.807, 2.05) is 0 Å². The van der Waals surface area contributed by atoms with Crippen LogP contribution in [0, 0.1) is 0 Å². The third-order valence-corrected chi connectivity index (χ3v) is 4.01. The molecule has 5 nitrogen and oxygen atoms in total. The van der Waals surface area contributed by atoms with Gasteiger partial charge in [-0.15, -0.1) is 0 Å². The van der Waals surface area contributed by atoms with Crippen LogP contribution in [0.2, 0.25) is 5.02 Å². The standard InChI is InChI=1S/C17H12ClF3N2O3/c18-11-6-5-10(17(19,20)21)7-12(11)22-15(24)8-23-13-3-1-2-4-14(13)26-9-16(23)25/h1-7H,8-9H2,(H,22,24). The molecule has 26 heavy (non-hydrogen) atoms. The molecule has 0 aliphatic carbocycles. The van der Waals surface area contributed by atoms with Crippen molar-refractivity contribution in [1.29, 1.82) is 0 Å². The van der Waals surface area contributed by atoms with Gasteiger partial charge >= 0.3 is 6.18 Å². The van der Waals surface area contributed by atoms with Gasteiger partial charge in [-0.25, -0.2) is 0 Å². The number of hydrogen-bond donors (Lipinski definition) is 1. The van der Waals surface area contributed by atoms with Gasteiger partial charge in [0.05, 0.1) is 22.0 Å². The summed E-state index contributed by atoms with van der Waals surface area (Å²) in [4.78, 5) is 25.5. The Morgan fingerprint density at radius 2 is 1.96 bits per heavy atom. The maximum Gasteiger partial charge on any atom is 0.416 e. The zero-order valence-electron chi connectivity index (χ0n) is 13.1. The smallest absolute Gasteiger partial charge is 0.416 e. The Kier molecular flexibility index (Phi) is 4.78. The number of halogens is 4. The number of carbonyl (C=O) groups is 2. The highest BCUT2D eigenvalue weighted by atomic mass is 35.5. The Morgan fingerprint density at radius 1 is 1.23 bits per heavy atom. The lowest BCUT2D eigenvalue weighted by Crippen LogP contribution is -2.43. The van der Waals surface area contributed by atoms with E-state index in [0.29, 0.717) is 11.4 Å². The molecule has 2 aromatic carbocycles. The maximum atomic E-state index is 12.8. The van der Waals surface area contributed by atoms with Crippen molar-refractivity contribution in [1.82, 2.24) is 0 Å². The van der Waals surface area contributed by atoms with Crippen molar-refractivity contribution in [3.63, 3.8) is 0 Å². The number of nitrogens with one attached hydrogen (secondary N) is 1. The van der Waals surface area contributed by atoms with E-state index in [1.54, 1.807) is 24.3 Å². The first-order chi connectivity index (χ1) is 12.3. The molecular weight excluding hydrogens is 373 g/mol. The second-order valence-electron chi connectivity index (χ2n) is 5.48. The molecule has 0 radical (unpaired) electrons. The average Bonchev–Trinajstić information content (AvgIpc) is 2.58. The summed E-state index contributed by atoms with van der Waals surface area (Å²) in [6, 6.07) is 9.27. The van der Waals surface area contributed by atoms with E-state index < -0.39 is 23.6 Å². The minimum atomic E-state index is -4.57. The summed E-state index contributed by atoms with van der Waals surface area (Å²) in [5.74, 6) is -0.678.